The van der Waals surface area contributed by atoms with Gasteiger partial charge in [-0.05, 0) is 18.6 Å². The van der Waals surface area contributed by atoms with Gasteiger partial charge in [0.1, 0.15) is 0 Å². The van der Waals surface area contributed by atoms with Crippen molar-refractivity contribution in [1.82, 2.24) is 10.6 Å². The molecule has 2 N–H and O–H groups in total. The molecule has 5 nitrogen and oxygen atoms in total. The van der Waals surface area contributed by atoms with Gasteiger partial charge in [-0.25, -0.2) is 4.79 Å². The van der Waals surface area contributed by atoms with Gasteiger partial charge < -0.3 is 15.2 Å². The largest absolute Gasteiger partial charge is 0.772 e. The number of thiol groups is 1. The highest BCUT2D eigenvalue weighted by Crippen LogP contribution is 1.82. The number of carbonyl (C=O) groups excluding carboxylic acids is 1. The van der Waals surface area contributed by atoms with Crippen LogP contribution in [0, 0.1) is 0 Å². The lowest BCUT2D eigenvalue weighted by atomic mass is 10.4. The number of urea groups is 1. The van der Waals surface area contributed by atoms with Crippen LogP contribution in [0.3, 0.4) is 0 Å². The summed E-state index contributed by atoms with van der Waals surface area (Å²) in [5, 5.41) is 5.17. The molecule has 84 valence electrons. The molecule has 0 aliphatic heterocycles. The van der Waals surface area contributed by atoms with Gasteiger partial charge in [-0.3, -0.25) is 4.21 Å². The van der Waals surface area contributed by atoms with Gasteiger partial charge in [0.2, 0.25) is 0 Å². The minimum absolute atomic E-state index is 0.0803. The molecule has 14 heavy (non-hydrogen) atoms. The smallest absolute Gasteiger partial charge is 0.314 e. The van der Waals surface area contributed by atoms with Crippen molar-refractivity contribution in [1.29, 1.82) is 0 Å². The normalized spacial score (nSPS) is 12.1. The fourth-order valence-corrected chi connectivity index (χ4v) is 1.27. The van der Waals surface area contributed by atoms with E-state index in [-0.39, 0.29) is 11.8 Å². The summed E-state index contributed by atoms with van der Waals surface area (Å²) in [6.45, 7) is 0.962. The summed E-state index contributed by atoms with van der Waals surface area (Å²) in [5.74, 6) is 0.812. The quantitative estimate of drug-likeness (QED) is 0.329. The van der Waals surface area contributed by atoms with E-state index in [2.05, 4.69) is 23.3 Å². The Kier molecular flexibility index (Phi) is 9.11. The van der Waals surface area contributed by atoms with Gasteiger partial charge in [0.05, 0.1) is 0 Å². The first kappa shape index (κ1) is 13.7. The number of amides is 2. The van der Waals surface area contributed by atoms with Crippen molar-refractivity contribution in [2.24, 2.45) is 0 Å². The molecule has 0 rings (SSSR count). The van der Waals surface area contributed by atoms with E-state index >= 15 is 0 Å². The number of hydrogen-bond donors (Lipinski definition) is 3. The second kappa shape index (κ2) is 9.29. The maximum atomic E-state index is 11.0. The van der Waals surface area contributed by atoms with Gasteiger partial charge in [0.15, 0.2) is 0 Å². The number of rotatable bonds is 7. The molecule has 0 fully saturated rings. The molecular formula is C7H15N2O3S2-. The predicted octanol–water partition coefficient (Wildman–Crippen LogP) is -0.125. The van der Waals surface area contributed by atoms with E-state index in [1.807, 2.05) is 0 Å². The molecule has 0 spiro atoms. The lowest BCUT2D eigenvalue weighted by molar-refractivity contribution is 0.241. The van der Waals surface area contributed by atoms with Crippen LogP contribution in [0.25, 0.3) is 0 Å². The van der Waals surface area contributed by atoms with E-state index in [0.717, 1.165) is 12.2 Å². The highest BCUT2D eigenvalue weighted by molar-refractivity contribution is 7.80. The third-order valence-corrected chi connectivity index (χ3v) is 2.33. The standard InChI is InChI=1S/C7H16N2O3S2/c10-7(8-3-1-5-13)9-4-2-6-14(11)12/h13H,1-6H2,(H,11,12)(H2,8,9,10)/p-1. The van der Waals surface area contributed by atoms with Gasteiger partial charge in [-0.1, -0.05) is 11.1 Å². The Morgan fingerprint density at radius 1 is 1.29 bits per heavy atom. The lowest BCUT2D eigenvalue weighted by Gasteiger charge is -2.07. The summed E-state index contributed by atoms with van der Waals surface area (Å²) in [4.78, 5) is 11.0. The second-order valence-corrected chi connectivity index (χ2v) is 4.08. The van der Waals surface area contributed by atoms with Gasteiger partial charge in [-0.15, -0.1) is 0 Å². The zero-order valence-electron chi connectivity index (χ0n) is 7.82. The van der Waals surface area contributed by atoms with Crippen molar-refractivity contribution in [2.45, 2.75) is 12.8 Å². The summed E-state index contributed by atoms with van der Waals surface area (Å²) in [7, 11) is 0. The molecule has 2 amide bonds. The molecule has 0 aromatic rings. The summed E-state index contributed by atoms with van der Waals surface area (Å²) < 4.78 is 20.2. The van der Waals surface area contributed by atoms with Crippen LogP contribution in [0.15, 0.2) is 0 Å². The number of nitrogens with one attached hydrogen (secondary N) is 2. The highest BCUT2D eigenvalue weighted by atomic mass is 32.2. The summed E-state index contributed by atoms with van der Waals surface area (Å²) >= 11 is 1.97. The lowest BCUT2D eigenvalue weighted by Crippen LogP contribution is -2.36. The molecule has 1 unspecified atom stereocenters. The van der Waals surface area contributed by atoms with Crippen LogP contribution in [0.4, 0.5) is 4.79 Å². The molecule has 1 atom stereocenters. The van der Waals surface area contributed by atoms with Gasteiger partial charge >= 0.3 is 6.03 Å². The van der Waals surface area contributed by atoms with Crippen LogP contribution in [0.2, 0.25) is 0 Å². The Labute approximate surface area is 91.7 Å². The first-order chi connectivity index (χ1) is 6.66. The van der Waals surface area contributed by atoms with Gasteiger partial charge in [0.25, 0.3) is 0 Å². The van der Waals surface area contributed by atoms with E-state index < -0.39 is 11.1 Å². The molecule has 0 heterocycles. The molecule has 0 aliphatic rings. The van der Waals surface area contributed by atoms with Crippen molar-refractivity contribution >= 4 is 29.7 Å². The SMILES string of the molecule is O=C(NCCCS)NCCCS(=O)[O-]. The number of hydrogen-bond acceptors (Lipinski definition) is 4. The Hall–Kier alpha value is -0.270. The molecule has 0 saturated carbocycles. The van der Waals surface area contributed by atoms with Crippen molar-refractivity contribution in [3.05, 3.63) is 0 Å². The number of carbonyl (C=O) groups is 1. The van der Waals surface area contributed by atoms with Crippen molar-refractivity contribution in [2.75, 3.05) is 24.6 Å². The molecule has 0 aliphatic carbocycles. The first-order valence-corrected chi connectivity index (χ1v) is 6.23. The Morgan fingerprint density at radius 3 is 2.36 bits per heavy atom. The molecule has 0 bridgehead atoms. The van der Waals surface area contributed by atoms with E-state index in [9.17, 15) is 13.6 Å². The summed E-state index contributed by atoms with van der Waals surface area (Å²) in [5.41, 5.74) is 0. The Balaban J connectivity index is 3.22. The topological polar surface area (TPSA) is 81.3 Å². The summed E-state index contributed by atoms with van der Waals surface area (Å²) in [6, 6.07) is -0.261. The fraction of sp³-hybridized carbons (Fsp3) is 0.857. The fourth-order valence-electron chi connectivity index (χ4n) is 0.735. The van der Waals surface area contributed by atoms with Crippen LogP contribution in [-0.4, -0.2) is 39.4 Å². The molecular weight excluding hydrogens is 224 g/mol. The minimum Gasteiger partial charge on any atom is -0.772 e. The summed E-state index contributed by atoms with van der Waals surface area (Å²) in [6.07, 6.45) is 1.26. The average molecular weight is 239 g/mol. The first-order valence-electron chi connectivity index (χ1n) is 4.35. The van der Waals surface area contributed by atoms with Crippen LogP contribution in [0.5, 0.6) is 0 Å². The van der Waals surface area contributed by atoms with Crippen LogP contribution in [-0.2, 0) is 11.1 Å². The van der Waals surface area contributed by atoms with E-state index in [4.69, 9.17) is 0 Å². The van der Waals surface area contributed by atoms with Gasteiger partial charge in [-0.2, -0.15) is 12.6 Å². The predicted molar refractivity (Wildman–Crippen MR) is 58.3 cm³/mol. The maximum absolute atomic E-state index is 11.0. The highest BCUT2D eigenvalue weighted by Gasteiger charge is 1.97. The Morgan fingerprint density at radius 2 is 1.86 bits per heavy atom. The van der Waals surface area contributed by atoms with Crippen LogP contribution >= 0.6 is 12.6 Å². The minimum atomic E-state index is -2.02. The zero-order chi connectivity index (χ0) is 10.8. The molecule has 0 aromatic heterocycles. The van der Waals surface area contributed by atoms with Crippen LogP contribution in [0.1, 0.15) is 12.8 Å². The average Bonchev–Trinajstić information content (AvgIpc) is 2.13. The molecule has 7 heteroatoms. The third kappa shape index (κ3) is 9.82. The van der Waals surface area contributed by atoms with E-state index in [0.29, 0.717) is 19.5 Å². The van der Waals surface area contributed by atoms with Crippen LogP contribution < -0.4 is 10.6 Å². The zero-order valence-corrected chi connectivity index (χ0v) is 9.53. The molecule has 0 radical (unpaired) electrons. The maximum Gasteiger partial charge on any atom is 0.314 e. The van der Waals surface area contributed by atoms with Crippen molar-refractivity contribution in [3.63, 3.8) is 0 Å². The van der Waals surface area contributed by atoms with Crippen molar-refractivity contribution in [3.8, 4) is 0 Å². The van der Waals surface area contributed by atoms with E-state index in [1.165, 1.54) is 0 Å². The van der Waals surface area contributed by atoms with Crippen molar-refractivity contribution < 1.29 is 13.6 Å². The molecule has 0 saturated heterocycles. The Bertz CT molecular complexity index is 190. The molecule has 0 aromatic carbocycles. The second-order valence-electron chi connectivity index (χ2n) is 2.62. The van der Waals surface area contributed by atoms with Gasteiger partial charge in [0, 0.05) is 18.8 Å². The third-order valence-electron chi connectivity index (χ3n) is 1.39. The van der Waals surface area contributed by atoms with E-state index in [1.54, 1.807) is 0 Å². The monoisotopic (exact) mass is 239 g/mol.